The molecule has 1 N–H and O–H groups in total. The lowest BCUT2D eigenvalue weighted by atomic mass is 10.1. The monoisotopic (exact) mass is 304 g/mol. The Kier molecular flexibility index (Phi) is 2.56. The molecule has 0 saturated heterocycles. The van der Waals surface area contributed by atoms with Crippen LogP contribution in [0.15, 0.2) is 59.8 Å². The van der Waals surface area contributed by atoms with Gasteiger partial charge in [-0.05, 0) is 36.5 Å². The maximum absolute atomic E-state index is 8.31. The van der Waals surface area contributed by atoms with Gasteiger partial charge >= 0.3 is 0 Å². The number of thiophene rings is 1. The molecule has 1 aromatic heterocycles. The Balaban J connectivity index is 2.28. The Morgan fingerprint density at radius 3 is 2.90 bits per heavy atom. The van der Waals surface area contributed by atoms with Crippen LogP contribution in [0.25, 0.3) is 10.8 Å². The molecule has 0 bridgehead atoms. The average molecular weight is 304 g/mol. The minimum atomic E-state index is -0.473. The maximum atomic E-state index is 8.31. The van der Waals surface area contributed by atoms with Crippen LogP contribution in [0.4, 0.5) is 0 Å². The normalized spacial score (nSPS) is 17.1. The van der Waals surface area contributed by atoms with Crippen molar-refractivity contribution in [1.82, 2.24) is 5.32 Å². The zero-order valence-corrected chi connectivity index (χ0v) is 12.4. The fourth-order valence-corrected chi connectivity index (χ4v) is 2.82. The molecule has 0 fully saturated rings. The van der Waals surface area contributed by atoms with Crippen LogP contribution in [0.5, 0.6) is 5.75 Å². The Morgan fingerprint density at radius 1 is 1.24 bits per heavy atom. The van der Waals surface area contributed by atoms with Gasteiger partial charge in [-0.15, -0.1) is 11.3 Å². The minimum absolute atomic E-state index is 0.0250. The highest BCUT2D eigenvalue weighted by atomic mass is 32.1. The molecule has 1 heterocycles. The zero-order chi connectivity index (χ0) is 20.6. The summed E-state index contributed by atoms with van der Waals surface area (Å²) in [5.74, 6) is -0.0856. The van der Waals surface area contributed by atoms with E-state index >= 15 is 0 Å². The Labute approximate surface area is 139 Å². The van der Waals surface area contributed by atoms with Crippen molar-refractivity contribution < 1.29 is 14.3 Å². The summed E-state index contributed by atoms with van der Waals surface area (Å²) in [7, 11) is 1.81. The van der Waals surface area contributed by atoms with Crippen LogP contribution in [0.2, 0.25) is 0 Å². The molecule has 0 aliphatic heterocycles. The van der Waals surface area contributed by atoms with Crippen molar-refractivity contribution in [2.75, 3.05) is 13.6 Å². The van der Waals surface area contributed by atoms with Crippen molar-refractivity contribution in [3.05, 3.63) is 64.7 Å². The van der Waals surface area contributed by atoms with Crippen LogP contribution in [-0.2, 0) is 0 Å². The molecular formula is C18H19NOS. The molecule has 2 nitrogen and oxygen atoms in total. The van der Waals surface area contributed by atoms with E-state index in [1.54, 1.807) is 0 Å². The molecule has 0 aliphatic rings. The third kappa shape index (κ3) is 3.26. The number of ether oxygens (including phenoxy) is 1. The summed E-state index contributed by atoms with van der Waals surface area (Å²) >= 11 is 1.48. The molecular weight excluding hydrogens is 278 g/mol. The van der Waals surface area contributed by atoms with E-state index in [9.17, 15) is 0 Å². The van der Waals surface area contributed by atoms with Crippen LogP contribution in [0.3, 0.4) is 0 Å². The molecule has 1 unspecified atom stereocenters. The standard InChI is InChI=1S/C18H19NOS/c1-19-12-11-17(18-10-5-13-21-18)20-16-9-4-7-14-6-2-3-8-15(14)16/h2-10,13,17,19H,11-12H2,1H3/i2D,3D,4D,6D,7D,8D,9D. The second-order valence-electron chi connectivity index (χ2n) is 4.47. The predicted molar refractivity (Wildman–Crippen MR) is 90.2 cm³/mol. The summed E-state index contributed by atoms with van der Waals surface area (Å²) in [5, 5.41) is 4.82. The van der Waals surface area contributed by atoms with Gasteiger partial charge in [0, 0.05) is 16.7 Å². The van der Waals surface area contributed by atoms with E-state index < -0.39 is 36.3 Å². The summed E-state index contributed by atoms with van der Waals surface area (Å²) in [6.07, 6.45) is 0.119. The van der Waals surface area contributed by atoms with E-state index in [1.165, 1.54) is 11.3 Å². The molecule has 3 aromatic rings. The van der Waals surface area contributed by atoms with Crippen molar-refractivity contribution in [2.45, 2.75) is 12.5 Å². The van der Waals surface area contributed by atoms with E-state index in [0.717, 1.165) is 4.88 Å². The van der Waals surface area contributed by atoms with Crippen LogP contribution in [-0.4, -0.2) is 13.6 Å². The first-order valence-corrected chi connectivity index (χ1v) is 7.52. The van der Waals surface area contributed by atoms with Gasteiger partial charge in [-0.1, -0.05) is 42.3 Å². The molecule has 1 atom stereocenters. The number of nitrogens with one attached hydrogen (secondary N) is 1. The van der Waals surface area contributed by atoms with Gasteiger partial charge in [0.1, 0.15) is 11.9 Å². The topological polar surface area (TPSA) is 21.3 Å². The SMILES string of the molecule is [2H]c1c([2H])c([2H])c2c(OC(CCNC)c3cccs3)c([2H])c([2H])c([2H])c2c1[2H]. The van der Waals surface area contributed by atoms with E-state index in [4.69, 9.17) is 14.3 Å². The summed E-state index contributed by atoms with van der Waals surface area (Å²) in [6.45, 7) is 0.635. The fraction of sp³-hybridized carbons (Fsp3) is 0.222. The van der Waals surface area contributed by atoms with Crippen LogP contribution < -0.4 is 10.1 Å². The van der Waals surface area contributed by atoms with Crippen molar-refractivity contribution in [3.8, 4) is 5.75 Å². The first-order valence-electron chi connectivity index (χ1n) is 10.1. The first kappa shape index (κ1) is 7.97. The number of rotatable bonds is 6. The predicted octanol–water partition coefficient (Wildman–Crippen LogP) is 4.63. The second-order valence-corrected chi connectivity index (χ2v) is 5.45. The first-order chi connectivity index (χ1) is 13.3. The van der Waals surface area contributed by atoms with E-state index in [2.05, 4.69) is 5.32 Å². The summed E-state index contributed by atoms with van der Waals surface area (Å²) in [4.78, 5) is 0.908. The van der Waals surface area contributed by atoms with E-state index in [1.807, 2.05) is 24.6 Å². The van der Waals surface area contributed by atoms with Gasteiger partial charge in [0.05, 0.1) is 9.60 Å². The molecule has 2 aromatic carbocycles. The van der Waals surface area contributed by atoms with Gasteiger partial charge in [0.15, 0.2) is 0 Å². The summed E-state index contributed by atoms with van der Waals surface area (Å²) in [5.41, 5.74) is 0. The van der Waals surface area contributed by atoms with Crippen molar-refractivity contribution in [3.63, 3.8) is 0 Å². The molecule has 0 aliphatic carbocycles. The molecule has 0 spiro atoms. The number of hydrogen-bond donors (Lipinski definition) is 1. The number of fused-ring (bicyclic) bond motifs is 1. The van der Waals surface area contributed by atoms with Gasteiger partial charge in [0.25, 0.3) is 0 Å². The highest BCUT2D eigenvalue weighted by Crippen LogP contribution is 2.32. The number of hydrogen-bond acceptors (Lipinski definition) is 3. The lowest BCUT2D eigenvalue weighted by Crippen LogP contribution is -2.15. The molecule has 3 heteroatoms. The van der Waals surface area contributed by atoms with E-state index in [0.29, 0.717) is 13.0 Å². The lowest BCUT2D eigenvalue weighted by molar-refractivity contribution is 0.201. The molecule has 108 valence electrons. The number of benzene rings is 2. The highest BCUT2D eigenvalue weighted by molar-refractivity contribution is 7.10. The smallest absolute Gasteiger partial charge is 0.134 e. The summed E-state index contributed by atoms with van der Waals surface area (Å²) < 4.78 is 62.9. The fourth-order valence-electron chi connectivity index (χ4n) is 2.03. The molecule has 0 saturated carbocycles. The molecule has 21 heavy (non-hydrogen) atoms. The summed E-state index contributed by atoms with van der Waals surface area (Å²) in [6, 6.07) is 0.897. The molecule has 3 rings (SSSR count). The molecule has 0 amide bonds. The minimum Gasteiger partial charge on any atom is -0.484 e. The van der Waals surface area contributed by atoms with Crippen LogP contribution in [0.1, 0.15) is 27.0 Å². The van der Waals surface area contributed by atoms with Gasteiger partial charge in [-0.25, -0.2) is 0 Å². The molecule has 0 radical (unpaired) electrons. The Hall–Kier alpha value is -1.84. The Morgan fingerprint density at radius 2 is 2.10 bits per heavy atom. The van der Waals surface area contributed by atoms with Gasteiger partial charge in [-0.3, -0.25) is 0 Å². The third-order valence-corrected chi connectivity index (χ3v) is 4.02. The highest BCUT2D eigenvalue weighted by Gasteiger charge is 2.15. The largest absolute Gasteiger partial charge is 0.484 e. The van der Waals surface area contributed by atoms with Gasteiger partial charge in [-0.2, -0.15) is 0 Å². The quantitative estimate of drug-likeness (QED) is 0.717. The van der Waals surface area contributed by atoms with Crippen LogP contribution >= 0.6 is 11.3 Å². The van der Waals surface area contributed by atoms with Crippen molar-refractivity contribution in [2.24, 2.45) is 0 Å². The lowest BCUT2D eigenvalue weighted by Gasteiger charge is -2.19. The average Bonchev–Trinajstić information content (AvgIpc) is 3.22. The Bertz CT molecular complexity index is 1020. The van der Waals surface area contributed by atoms with Crippen molar-refractivity contribution >= 4 is 22.1 Å². The van der Waals surface area contributed by atoms with Crippen molar-refractivity contribution in [1.29, 1.82) is 0 Å². The second kappa shape index (κ2) is 6.74. The maximum Gasteiger partial charge on any atom is 0.134 e. The van der Waals surface area contributed by atoms with E-state index in [-0.39, 0.29) is 28.6 Å². The van der Waals surface area contributed by atoms with Gasteiger partial charge in [0.2, 0.25) is 0 Å². The van der Waals surface area contributed by atoms with Gasteiger partial charge < -0.3 is 10.1 Å². The third-order valence-electron chi connectivity index (χ3n) is 3.06. The zero-order valence-electron chi connectivity index (χ0n) is 18.5. The van der Waals surface area contributed by atoms with Crippen LogP contribution in [0, 0.1) is 0 Å².